The standard InChI is InChI=1S/C28H28ClN5O4/c1-4-37-28(36)23-17-25(34(30-23)24-8-6-5-7-22(24)29)20-9-11-21(12-10-20)32-13-15-33(16-14-32)27(35)26-18(2)31-38-19(26)3/h5-12,17H,4,13-16H2,1-3H3. The quantitative estimate of drug-likeness (QED) is 0.324. The SMILES string of the molecule is CCOC(=O)c1cc(-c2ccc(N3CCN(C(=O)c4c(C)noc4C)CC3)cc2)n(-c2ccccc2Cl)n1. The molecule has 9 nitrogen and oxygen atoms in total. The number of aryl methyl sites for hydroxylation is 2. The van der Waals surface area contributed by atoms with Crippen LogP contribution in [0.4, 0.5) is 5.69 Å². The van der Waals surface area contributed by atoms with E-state index in [1.165, 1.54) is 0 Å². The fourth-order valence-corrected chi connectivity index (χ4v) is 4.87. The Balaban J connectivity index is 1.35. The summed E-state index contributed by atoms with van der Waals surface area (Å²) in [6.45, 7) is 8.19. The number of hydrogen-bond acceptors (Lipinski definition) is 7. The number of halogens is 1. The van der Waals surface area contributed by atoms with Crippen LogP contribution in [-0.4, -0.2) is 64.5 Å². The van der Waals surface area contributed by atoms with E-state index in [-0.39, 0.29) is 18.2 Å². The van der Waals surface area contributed by atoms with Crippen molar-refractivity contribution >= 4 is 29.2 Å². The maximum atomic E-state index is 13.0. The van der Waals surface area contributed by atoms with Gasteiger partial charge in [-0.25, -0.2) is 9.48 Å². The average molecular weight is 534 g/mol. The molecule has 0 spiro atoms. The van der Waals surface area contributed by atoms with Crippen molar-refractivity contribution in [3.8, 4) is 16.9 Å². The number of hydrogen-bond donors (Lipinski definition) is 0. The van der Waals surface area contributed by atoms with Crippen molar-refractivity contribution in [1.29, 1.82) is 0 Å². The normalized spacial score (nSPS) is 13.6. The van der Waals surface area contributed by atoms with Crippen LogP contribution in [0.25, 0.3) is 16.9 Å². The number of anilines is 1. The molecule has 0 atom stereocenters. The topological polar surface area (TPSA) is 93.7 Å². The van der Waals surface area contributed by atoms with E-state index in [0.29, 0.717) is 53.9 Å². The molecule has 2 aromatic carbocycles. The van der Waals surface area contributed by atoms with Crippen LogP contribution in [-0.2, 0) is 4.74 Å². The van der Waals surface area contributed by atoms with Crippen molar-refractivity contribution in [3.05, 3.63) is 82.3 Å². The lowest BCUT2D eigenvalue weighted by atomic mass is 10.1. The number of amides is 1. The van der Waals surface area contributed by atoms with Crippen LogP contribution in [0.2, 0.25) is 5.02 Å². The van der Waals surface area contributed by atoms with Crippen LogP contribution in [0.1, 0.15) is 39.2 Å². The number of carbonyl (C=O) groups excluding carboxylic acids is 2. The Morgan fingerprint density at radius 2 is 1.74 bits per heavy atom. The zero-order chi connectivity index (χ0) is 26.8. The van der Waals surface area contributed by atoms with E-state index in [4.69, 9.17) is 20.9 Å². The first-order valence-corrected chi connectivity index (χ1v) is 12.8. The molecule has 5 rings (SSSR count). The highest BCUT2D eigenvalue weighted by Crippen LogP contribution is 2.30. The molecule has 0 aliphatic carbocycles. The first-order valence-electron chi connectivity index (χ1n) is 12.5. The lowest BCUT2D eigenvalue weighted by Crippen LogP contribution is -2.49. The Hall–Kier alpha value is -4.11. The zero-order valence-corrected chi connectivity index (χ0v) is 22.2. The van der Waals surface area contributed by atoms with Crippen LogP contribution in [0.3, 0.4) is 0 Å². The number of rotatable bonds is 6. The summed E-state index contributed by atoms with van der Waals surface area (Å²) in [7, 11) is 0. The summed E-state index contributed by atoms with van der Waals surface area (Å²) in [4.78, 5) is 29.5. The minimum Gasteiger partial charge on any atom is -0.461 e. The van der Waals surface area contributed by atoms with Crippen LogP contribution in [0, 0.1) is 13.8 Å². The van der Waals surface area contributed by atoms with Gasteiger partial charge in [-0.3, -0.25) is 4.79 Å². The molecule has 1 saturated heterocycles. The molecule has 3 heterocycles. The van der Waals surface area contributed by atoms with E-state index in [1.807, 2.05) is 47.4 Å². The highest BCUT2D eigenvalue weighted by molar-refractivity contribution is 6.32. The summed E-state index contributed by atoms with van der Waals surface area (Å²) in [6.07, 6.45) is 0. The van der Waals surface area contributed by atoms with Crippen LogP contribution in [0.15, 0.2) is 59.1 Å². The molecule has 0 radical (unpaired) electrons. The molecule has 1 fully saturated rings. The van der Waals surface area contributed by atoms with E-state index in [9.17, 15) is 9.59 Å². The molecule has 0 N–H and O–H groups in total. The van der Waals surface area contributed by atoms with Crippen molar-refractivity contribution < 1.29 is 18.8 Å². The van der Waals surface area contributed by atoms with Gasteiger partial charge in [0.2, 0.25) is 0 Å². The Kier molecular flexibility index (Phi) is 7.20. The van der Waals surface area contributed by atoms with E-state index in [2.05, 4.69) is 15.2 Å². The lowest BCUT2D eigenvalue weighted by Gasteiger charge is -2.36. The summed E-state index contributed by atoms with van der Waals surface area (Å²) in [6, 6.07) is 17.1. The van der Waals surface area contributed by atoms with Gasteiger partial charge in [-0.15, -0.1) is 0 Å². The maximum absolute atomic E-state index is 13.0. The van der Waals surface area contributed by atoms with Gasteiger partial charge in [0.25, 0.3) is 5.91 Å². The number of piperazine rings is 1. The molecule has 0 unspecified atom stereocenters. The first-order chi connectivity index (χ1) is 18.4. The van der Waals surface area contributed by atoms with Gasteiger partial charge in [0.1, 0.15) is 11.3 Å². The number of nitrogens with zero attached hydrogens (tertiary/aromatic N) is 5. The molecule has 1 aliphatic heterocycles. The molecule has 4 aromatic rings. The lowest BCUT2D eigenvalue weighted by molar-refractivity contribution is 0.0518. The molecule has 1 aliphatic rings. The third-order valence-electron chi connectivity index (χ3n) is 6.62. The van der Waals surface area contributed by atoms with Crippen molar-refractivity contribution in [3.63, 3.8) is 0 Å². The van der Waals surface area contributed by atoms with Gasteiger partial charge < -0.3 is 19.1 Å². The molecule has 10 heteroatoms. The third kappa shape index (κ3) is 4.89. The molecular formula is C28H28ClN5O4. The molecule has 0 saturated carbocycles. The molecule has 0 bridgehead atoms. The van der Waals surface area contributed by atoms with Crippen molar-refractivity contribution in [2.24, 2.45) is 0 Å². The van der Waals surface area contributed by atoms with Gasteiger partial charge in [-0.2, -0.15) is 5.10 Å². The minimum atomic E-state index is -0.486. The fraction of sp³-hybridized carbons (Fsp3) is 0.286. The van der Waals surface area contributed by atoms with Crippen LogP contribution < -0.4 is 4.90 Å². The van der Waals surface area contributed by atoms with E-state index < -0.39 is 5.97 Å². The van der Waals surface area contributed by atoms with Gasteiger partial charge in [-0.05, 0) is 51.1 Å². The minimum absolute atomic E-state index is 0.0403. The van der Waals surface area contributed by atoms with Gasteiger partial charge in [0, 0.05) is 37.4 Å². The predicted octanol–water partition coefficient (Wildman–Crippen LogP) is 4.94. The number of ether oxygens (including phenoxy) is 1. The summed E-state index contributed by atoms with van der Waals surface area (Å²) in [5.41, 5.74) is 4.71. The van der Waals surface area contributed by atoms with Gasteiger partial charge in [-0.1, -0.05) is 41.0 Å². The van der Waals surface area contributed by atoms with E-state index in [0.717, 1.165) is 16.9 Å². The van der Waals surface area contributed by atoms with Gasteiger partial charge >= 0.3 is 5.97 Å². The maximum Gasteiger partial charge on any atom is 0.358 e. The van der Waals surface area contributed by atoms with E-state index >= 15 is 0 Å². The van der Waals surface area contributed by atoms with Crippen molar-refractivity contribution in [2.75, 3.05) is 37.7 Å². The largest absolute Gasteiger partial charge is 0.461 e. The number of para-hydroxylation sites is 1. The predicted molar refractivity (Wildman–Crippen MR) is 144 cm³/mol. The average Bonchev–Trinajstić information content (AvgIpc) is 3.52. The highest BCUT2D eigenvalue weighted by Gasteiger charge is 2.27. The summed E-state index contributed by atoms with van der Waals surface area (Å²) < 4.78 is 12.0. The molecule has 2 aromatic heterocycles. The second-order valence-electron chi connectivity index (χ2n) is 9.02. The Bertz CT molecular complexity index is 1450. The third-order valence-corrected chi connectivity index (χ3v) is 6.94. The number of aromatic nitrogens is 3. The fourth-order valence-electron chi connectivity index (χ4n) is 4.66. The number of benzene rings is 2. The Morgan fingerprint density at radius 1 is 1.03 bits per heavy atom. The number of carbonyl (C=O) groups is 2. The molecule has 196 valence electrons. The molecular weight excluding hydrogens is 506 g/mol. The molecule has 1 amide bonds. The summed E-state index contributed by atoms with van der Waals surface area (Å²) in [5, 5.41) is 8.93. The van der Waals surface area contributed by atoms with Crippen molar-refractivity contribution in [2.45, 2.75) is 20.8 Å². The highest BCUT2D eigenvalue weighted by atomic mass is 35.5. The van der Waals surface area contributed by atoms with Gasteiger partial charge in [0.15, 0.2) is 5.69 Å². The monoisotopic (exact) mass is 533 g/mol. The second kappa shape index (κ2) is 10.7. The summed E-state index contributed by atoms with van der Waals surface area (Å²) in [5.74, 6) is 0.0225. The summed E-state index contributed by atoms with van der Waals surface area (Å²) >= 11 is 6.46. The Labute approximate surface area is 225 Å². The first kappa shape index (κ1) is 25.5. The zero-order valence-electron chi connectivity index (χ0n) is 21.5. The van der Waals surface area contributed by atoms with Crippen LogP contribution >= 0.6 is 11.6 Å². The van der Waals surface area contributed by atoms with Crippen LogP contribution in [0.5, 0.6) is 0 Å². The smallest absolute Gasteiger partial charge is 0.358 e. The second-order valence-corrected chi connectivity index (χ2v) is 9.43. The Morgan fingerprint density at radius 3 is 2.37 bits per heavy atom. The van der Waals surface area contributed by atoms with Crippen molar-refractivity contribution in [1.82, 2.24) is 19.8 Å². The van der Waals surface area contributed by atoms with E-state index in [1.54, 1.807) is 37.6 Å². The number of esters is 1. The van der Waals surface area contributed by atoms with Gasteiger partial charge in [0.05, 0.1) is 28.7 Å². The molecule has 38 heavy (non-hydrogen) atoms.